The number of ether oxygens (including phenoxy) is 2. The summed E-state index contributed by atoms with van der Waals surface area (Å²) in [5, 5.41) is 9.17. The van der Waals surface area contributed by atoms with Gasteiger partial charge in [0.25, 0.3) is 0 Å². The van der Waals surface area contributed by atoms with Crippen LogP contribution >= 0.6 is 0 Å². The molecule has 4 nitrogen and oxygen atoms in total. The van der Waals surface area contributed by atoms with Gasteiger partial charge >= 0.3 is 5.97 Å². The molecule has 5 rings (SSSR count). The summed E-state index contributed by atoms with van der Waals surface area (Å²) in [6, 6.07) is 18.5. The Kier molecular flexibility index (Phi) is 7.51. The third kappa shape index (κ3) is 5.96. The van der Waals surface area contributed by atoms with E-state index in [1.807, 2.05) is 36.4 Å². The number of carboxylic acid groups (broad SMARTS) is 1. The molecule has 0 amide bonds. The van der Waals surface area contributed by atoms with Gasteiger partial charge in [-0.1, -0.05) is 62.6 Å². The molecule has 1 fully saturated rings. The zero-order valence-electron chi connectivity index (χ0n) is 19.7. The first kappa shape index (κ1) is 23.8. The molecule has 2 atom stereocenters. The second-order valence-electron chi connectivity index (χ2n) is 9.13. The summed E-state index contributed by atoms with van der Waals surface area (Å²) in [5.74, 6) is 0.154. The largest absolute Gasteiger partial charge is 0.497 e. The van der Waals surface area contributed by atoms with Gasteiger partial charge in [0, 0.05) is 11.5 Å². The fourth-order valence-corrected chi connectivity index (χ4v) is 4.02. The van der Waals surface area contributed by atoms with Crippen molar-refractivity contribution in [3.63, 3.8) is 0 Å². The molecule has 3 aromatic carbocycles. The molecule has 3 aromatic rings. The van der Waals surface area contributed by atoms with E-state index in [1.165, 1.54) is 25.3 Å². The van der Waals surface area contributed by atoms with Crippen LogP contribution in [0.2, 0.25) is 0 Å². The standard InChI is InChI=1S/C26H25FO4.C3H6/c1-16(26(28)29)11-17-3-10-25-20(12-17)13-21(15-31-25)18-4-6-19(7-5-18)23-14-22(30-2)8-9-24(23)27;1-2-3-1/h3-10,12,14,16,21H,11,13,15H2,1-2H3,(H,28,29);1-3H2. The van der Waals surface area contributed by atoms with Crippen molar-refractivity contribution in [1.82, 2.24) is 0 Å². The number of rotatable bonds is 6. The van der Waals surface area contributed by atoms with Gasteiger partial charge in [-0.3, -0.25) is 4.79 Å². The van der Waals surface area contributed by atoms with Crippen molar-refractivity contribution < 1.29 is 23.8 Å². The number of methoxy groups -OCH3 is 1. The van der Waals surface area contributed by atoms with E-state index in [0.717, 1.165) is 34.4 Å². The molecule has 34 heavy (non-hydrogen) atoms. The molecule has 0 spiro atoms. The van der Waals surface area contributed by atoms with Gasteiger partial charge in [0.15, 0.2) is 0 Å². The van der Waals surface area contributed by atoms with Crippen molar-refractivity contribution in [2.24, 2.45) is 5.92 Å². The van der Waals surface area contributed by atoms with Gasteiger partial charge in [-0.2, -0.15) is 0 Å². The third-order valence-corrected chi connectivity index (χ3v) is 6.21. The molecule has 178 valence electrons. The predicted octanol–water partition coefficient (Wildman–Crippen LogP) is 6.65. The molecular weight excluding hydrogens is 431 g/mol. The van der Waals surface area contributed by atoms with Gasteiger partial charge in [0.05, 0.1) is 19.6 Å². The highest BCUT2D eigenvalue weighted by molar-refractivity contribution is 5.70. The molecule has 5 heteroatoms. The summed E-state index contributed by atoms with van der Waals surface area (Å²) in [5.41, 5.74) is 4.52. The molecule has 1 aliphatic heterocycles. The summed E-state index contributed by atoms with van der Waals surface area (Å²) in [6.45, 7) is 2.29. The summed E-state index contributed by atoms with van der Waals surface area (Å²) in [7, 11) is 1.56. The average Bonchev–Trinajstić information content (AvgIpc) is 3.74. The van der Waals surface area contributed by atoms with E-state index in [4.69, 9.17) is 14.6 Å². The van der Waals surface area contributed by atoms with Crippen LogP contribution in [-0.4, -0.2) is 24.8 Å². The maximum Gasteiger partial charge on any atom is 0.306 e. The molecule has 2 aliphatic rings. The fourth-order valence-electron chi connectivity index (χ4n) is 4.02. The topological polar surface area (TPSA) is 55.8 Å². The lowest BCUT2D eigenvalue weighted by Gasteiger charge is -2.26. The van der Waals surface area contributed by atoms with Crippen LogP contribution in [0.3, 0.4) is 0 Å². The molecule has 1 N–H and O–H groups in total. The number of carbonyl (C=O) groups is 1. The van der Waals surface area contributed by atoms with Gasteiger partial charge < -0.3 is 14.6 Å². The van der Waals surface area contributed by atoms with Crippen LogP contribution < -0.4 is 9.47 Å². The first-order valence-electron chi connectivity index (χ1n) is 11.9. The highest BCUT2D eigenvalue weighted by Gasteiger charge is 2.23. The second kappa shape index (κ2) is 10.7. The molecule has 1 heterocycles. The van der Waals surface area contributed by atoms with Crippen LogP contribution in [0, 0.1) is 11.7 Å². The summed E-state index contributed by atoms with van der Waals surface area (Å²) < 4.78 is 25.5. The minimum Gasteiger partial charge on any atom is -0.497 e. The first-order chi connectivity index (χ1) is 16.4. The Hall–Kier alpha value is -3.34. The van der Waals surface area contributed by atoms with Crippen LogP contribution in [-0.2, 0) is 17.6 Å². The second-order valence-corrected chi connectivity index (χ2v) is 9.13. The number of halogens is 1. The summed E-state index contributed by atoms with van der Waals surface area (Å²) >= 11 is 0. The van der Waals surface area contributed by atoms with Gasteiger partial charge in [-0.05, 0) is 59.4 Å². The van der Waals surface area contributed by atoms with E-state index in [0.29, 0.717) is 24.3 Å². The van der Waals surface area contributed by atoms with Crippen molar-refractivity contribution in [1.29, 1.82) is 0 Å². The van der Waals surface area contributed by atoms with Crippen molar-refractivity contribution in [3.05, 3.63) is 83.2 Å². The molecular formula is C29H31FO4. The predicted molar refractivity (Wildman–Crippen MR) is 131 cm³/mol. The maximum absolute atomic E-state index is 14.3. The Morgan fingerprint density at radius 3 is 2.47 bits per heavy atom. The Labute approximate surface area is 200 Å². The molecule has 0 saturated heterocycles. The maximum atomic E-state index is 14.3. The van der Waals surface area contributed by atoms with Crippen LogP contribution in [0.5, 0.6) is 11.5 Å². The summed E-state index contributed by atoms with van der Waals surface area (Å²) in [4.78, 5) is 11.2. The SMILES string of the molecule is C1CC1.COc1ccc(F)c(-c2ccc(C3COc4ccc(CC(C)C(=O)O)cc4C3)cc2)c1. The quantitative estimate of drug-likeness (QED) is 0.445. The van der Waals surface area contributed by atoms with E-state index in [1.54, 1.807) is 26.2 Å². The van der Waals surface area contributed by atoms with Crippen LogP contribution in [0.25, 0.3) is 11.1 Å². The Bertz CT molecular complexity index is 1130. The average molecular weight is 463 g/mol. The number of hydrogen-bond acceptors (Lipinski definition) is 3. The normalized spacial score (nSPS) is 16.9. The Morgan fingerprint density at radius 2 is 1.82 bits per heavy atom. The fraction of sp³-hybridized carbons (Fsp3) is 0.345. The van der Waals surface area contributed by atoms with Gasteiger partial charge in [-0.25, -0.2) is 4.39 Å². The highest BCUT2D eigenvalue weighted by atomic mass is 19.1. The van der Waals surface area contributed by atoms with E-state index in [-0.39, 0.29) is 11.7 Å². The number of benzene rings is 3. The minimum absolute atomic E-state index is 0.184. The molecule has 1 aliphatic carbocycles. The van der Waals surface area contributed by atoms with Crippen LogP contribution in [0.1, 0.15) is 48.8 Å². The monoisotopic (exact) mass is 462 g/mol. The molecule has 0 radical (unpaired) electrons. The van der Waals surface area contributed by atoms with Crippen molar-refractivity contribution >= 4 is 5.97 Å². The molecule has 0 aromatic heterocycles. The van der Waals surface area contributed by atoms with Crippen molar-refractivity contribution in [2.45, 2.75) is 44.9 Å². The zero-order chi connectivity index (χ0) is 24.1. The van der Waals surface area contributed by atoms with E-state index in [2.05, 4.69) is 6.07 Å². The Morgan fingerprint density at radius 1 is 1.09 bits per heavy atom. The molecule has 2 unspecified atom stereocenters. The number of aliphatic carboxylic acids is 1. The van der Waals surface area contributed by atoms with E-state index in [9.17, 15) is 9.18 Å². The van der Waals surface area contributed by atoms with Crippen LogP contribution in [0.15, 0.2) is 60.7 Å². The number of hydrogen-bond donors (Lipinski definition) is 1. The van der Waals surface area contributed by atoms with Gasteiger partial charge in [-0.15, -0.1) is 0 Å². The molecule has 1 saturated carbocycles. The Balaban J connectivity index is 0.000000846. The smallest absolute Gasteiger partial charge is 0.306 e. The lowest BCUT2D eigenvalue weighted by Crippen LogP contribution is -2.19. The van der Waals surface area contributed by atoms with E-state index < -0.39 is 11.9 Å². The summed E-state index contributed by atoms with van der Waals surface area (Å²) in [6.07, 6.45) is 5.81. The number of fused-ring (bicyclic) bond motifs is 1. The van der Waals surface area contributed by atoms with Gasteiger partial charge in [0.1, 0.15) is 17.3 Å². The highest BCUT2D eigenvalue weighted by Crippen LogP contribution is 2.35. The van der Waals surface area contributed by atoms with E-state index >= 15 is 0 Å². The molecule has 0 bridgehead atoms. The zero-order valence-corrected chi connectivity index (χ0v) is 19.7. The first-order valence-corrected chi connectivity index (χ1v) is 11.9. The van der Waals surface area contributed by atoms with Crippen molar-refractivity contribution in [3.8, 4) is 22.6 Å². The van der Waals surface area contributed by atoms with Gasteiger partial charge in [0.2, 0.25) is 0 Å². The number of carboxylic acids is 1. The minimum atomic E-state index is -0.792. The van der Waals surface area contributed by atoms with Crippen LogP contribution in [0.4, 0.5) is 4.39 Å². The third-order valence-electron chi connectivity index (χ3n) is 6.21. The lowest BCUT2D eigenvalue weighted by atomic mass is 9.88. The van der Waals surface area contributed by atoms with Crippen molar-refractivity contribution in [2.75, 3.05) is 13.7 Å². The lowest BCUT2D eigenvalue weighted by molar-refractivity contribution is -0.141.